The minimum Gasteiger partial charge on any atom is -0.511 e. The van der Waals surface area contributed by atoms with E-state index in [0.29, 0.717) is 6.61 Å². The van der Waals surface area contributed by atoms with Crippen molar-refractivity contribution < 1.29 is 19.4 Å². The molecule has 2 N–H and O–H groups in total. The summed E-state index contributed by atoms with van der Waals surface area (Å²) in [5, 5.41) is 12.0. The molecule has 1 rings (SSSR count). The summed E-state index contributed by atoms with van der Waals surface area (Å²) in [5.74, 6) is -0.172. The summed E-state index contributed by atoms with van der Waals surface area (Å²) in [6.45, 7) is 9.24. The molecule has 5 heteroatoms. The summed E-state index contributed by atoms with van der Waals surface area (Å²) >= 11 is 0. The number of amides is 1. The van der Waals surface area contributed by atoms with Crippen molar-refractivity contribution in [3.63, 3.8) is 0 Å². The summed E-state index contributed by atoms with van der Waals surface area (Å²) in [6, 6.07) is 8.92. The van der Waals surface area contributed by atoms with Crippen LogP contribution in [-0.4, -0.2) is 29.4 Å². The molecule has 0 saturated carbocycles. The van der Waals surface area contributed by atoms with E-state index >= 15 is 0 Å². The smallest absolute Gasteiger partial charge is 0.408 e. The Labute approximate surface area is 125 Å². The summed E-state index contributed by atoms with van der Waals surface area (Å²) in [7, 11) is 0. The van der Waals surface area contributed by atoms with Crippen molar-refractivity contribution >= 4 is 6.09 Å². The lowest BCUT2D eigenvalue weighted by Gasteiger charge is -2.23. The second kappa shape index (κ2) is 7.69. The Hall–Kier alpha value is -2.01. The van der Waals surface area contributed by atoms with Crippen molar-refractivity contribution in [3.05, 3.63) is 48.2 Å². The molecule has 5 nitrogen and oxygen atoms in total. The molecule has 0 aliphatic carbocycles. The summed E-state index contributed by atoms with van der Waals surface area (Å²) < 4.78 is 10.6. The topological polar surface area (TPSA) is 67.8 Å². The van der Waals surface area contributed by atoms with Crippen LogP contribution in [0.15, 0.2) is 42.7 Å². The predicted octanol–water partition coefficient (Wildman–Crippen LogP) is 3.17. The average Bonchev–Trinajstić information content (AvgIpc) is 2.36. The number of alkyl carbamates (subject to hydrolysis) is 1. The van der Waals surface area contributed by atoms with E-state index in [4.69, 9.17) is 9.47 Å². The monoisotopic (exact) mass is 293 g/mol. The normalized spacial score (nSPS) is 12.5. The van der Waals surface area contributed by atoms with Crippen molar-refractivity contribution in [2.75, 3.05) is 6.61 Å². The number of benzene rings is 1. The number of aliphatic hydroxyl groups excluding tert-OH is 1. The number of rotatable bonds is 6. The van der Waals surface area contributed by atoms with Crippen LogP contribution < -0.4 is 5.32 Å². The predicted molar refractivity (Wildman–Crippen MR) is 81.0 cm³/mol. The van der Waals surface area contributed by atoms with Crippen molar-refractivity contribution in [3.8, 4) is 0 Å². The molecule has 116 valence electrons. The van der Waals surface area contributed by atoms with Crippen LogP contribution in [0.5, 0.6) is 0 Å². The van der Waals surface area contributed by atoms with Gasteiger partial charge in [-0.05, 0) is 26.3 Å². The van der Waals surface area contributed by atoms with E-state index in [0.717, 1.165) is 5.56 Å². The fourth-order valence-corrected chi connectivity index (χ4v) is 1.54. The van der Waals surface area contributed by atoms with E-state index < -0.39 is 17.7 Å². The van der Waals surface area contributed by atoms with Gasteiger partial charge in [-0.15, -0.1) is 0 Å². The number of carbonyl (C=O) groups is 1. The zero-order valence-corrected chi connectivity index (χ0v) is 12.8. The molecule has 21 heavy (non-hydrogen) atoms. The van der Waals surface area contributed by atoms with Gasteiger partial charge in [-0.1, -0.05) is 36.9 Å². The Balaban J connectivity index is 2.43. The molecule has 0 aromatic heterocycles. The first-order chi connectivity index (χ1) is 9.78. The largest absolute Gasteiger partial charge is 0.511 e. The van der Waals surface area contributed by atoms with Gasteiger partial charge in [0.25, 0.3) is 0 Å². The summed E-state index contributed by atoms with van der Waals surface area (Å²) in [4.78, 5) is 11.7. The molecule has 1 aromatic carbocycles. The van der Waals surface area contributed by atoms with E-state index in [1.165, 1.54) is 0 Å². The van der Waals surface area contributed by atoms with E-state index in [1.807, 2.05) is 30.3 Å². The average molecular weight is 293 g/mol. The SMILES string of the molecule is C=C(O)C(COCc1ccccc1)NC(=O)OC(C)(C)C. The molecule has 0 heterocycles. The number of aliphatic hydroxyl groups is 1. The Morgan fingerprint density at radius 3 is 2.48 bits per heavy atom. The lowest BCUT2D eigenvalue weighted by molar-refractivity contribution is 0.0424. The fraction of sp³-hybridized carbons (Fsp3) is 0.438. The van der Waals surface area contributed by atoms with Crippen LogP contribution in [0.4, 0.5) is 4.79 Å². The molecule has 1 unspecified atom stereocenters. The van der Waals surface area contributed by atoms with Crippen molar-refractivity contribution in [1.82, 2.24) is 5.32 Å². The van der Waals surface area contributed by atoms with Gasteiger partial charge in [0.05, 0.1) is 13.2 Å². The molecule has 0 aliphatic rings. The second-order valence-electron chi connectivity index (χ2n) is 5.69. The minimum atomic E-state index is -0.705. The molecule has 1 amide bonds. The number of carbonyl (C=O) groups excluding carboxylic acids is 1. The maximum Gasteiger partial charge on any atom is 0.408 e. The van der Waals surface area contributed by atoms with Gasteiger partial charge < -0.3 is 19.9 Å². The molecule has 0 bridgehead atoms. The third-order valence-corrected chi connectivity index (χ3v) is 2.49. The quantitative estimate of drug-likeness (QED) is 0.791. The van der Waals surface area contributed by atoms with Gasteiger partial charge in [-0.2, -0.15) is 0 Å². The van der Waals surface area contributed by atoms with E-state index in [-0.39, 0.29) is 12.4 Å². The third-order valence-electron chi connectivity index (χ3n) is 2.49. The molecule has 0 aliphatic heterocycles. The molecule has 0 saturated heterocycles. The minimum absolute atomic E-state index is 0.115. The Kier molecular flexibility index (Phi) is 6.24. The third kappa shape index (κ3) is 7.37. The Bertz CT molecular complexity index is 465. The van der Waals surface area contributed by atoms with Gasteiger partial charge in [-0.25, -0.2) is 4.79 Å². The maximum atomic E-state index is 11.7. The molecule has 0 spiro atoms. The first kappa shape index (κ1) is 17.0. The molecule has 1 atom stereocenters. The van der Waals surface area contributed by atoms with E-state index in [9.17, 15) is 9.90 Å². The first-order valence-corrected chi connectivity index (χ1v) is 6.77. The van der Waals surface area contributed by atoms with Crippen LogP contribution in [0, 0.1) is 0 Å². The van der Waals surface area contributed by atoms with Crippen LogP contribution >= 0.6 is 0 Å². The van der Waals surface area contributed by atoms with Crippen LogP contribution in [-0.2, 0) is 16.1 Å². The van der Waals surface area contributed by atoms with Crippen LogP contribution in [0.1, 0.15) is 26.3 Å². The van der Waals surface area contributed by atoms with Crippen molar-refractivity contribution in [1.29, 1.82) is 0 Å². The number of hydrogen-bond acceptors (Lipinski definition) is 4. The highest BCUT2D eigenvalue weighted by Gasteiger charge is 2.21. The number of nitrogens with one attached hydrogen (secondary N) is 1. The molecule has 1 aromatic rings. The maximum absolute atomic E-state index is 11.7. The Morgan fingerprint density at radius 1 is 1.33 bits per heavy atom. The van der Waals surface area contributed by atoms with Crippen LogP contribution in [0.25, 0.3) is 0 Å². The zero-order chi connectivity index (χ0) is 15.9. The second-order valence-corrected chi connectivity index (χ2v) is 5.69. The van der Waals surface area contributed by atoms with Gasteiger partial charge in [-0.3, -0.25) is 0 Å². The van der Waals surface area contributed by atoms with Crippen LogP contribution in [0.2, 0.25) is 0 Å². The highest BCUT2D eigenvalue weighted by atomic mass is 16.6. The van der Waals surface area contributed by atoms with Gasteiger partial charge >= 0.3 is 6.09 Å². The summed E-state index contributed by atoms with van der Waals surface area (Å²) in [5.41, 5.74) is 0.410. The van der Waals surface area contributed by atoms with Gasteiger partial charge in [0.1, 0.15) is 17.4 Å². The molecular weight excluding hydrogens is 270 g/mol. The highest BCUT2D eigenvalue weighted by Crippen LogP contribution is 2.08. The lowest BCUT2D eigenvalue weighted by atomic mass is 10.2. The number of ether oxygens (including phenoxy) is 2. The van der Waals surface area contributed by atoms with Crippen molar-refractivity contribution in [2.45, 2.75) is 39.0 Å². The van der Waals surface area contributed by atoms with Gasteiger partial charge in [0.15, 0.2) is 0 Å². The van der Waals surface area contributed by atoms with Gasteiger partial charge in [0, 0.05) is 0 Å². The van der Waals surface area contributed by atoms with Gasteiger partial charge in [0.2, 0.25) is 0 Å². The van der Waals surface area contributed by atoms with Crippen LogP contribution in [0.3, 0.4) is 0 Å². The molecular formula is C16H23NO4. The van der Waals surface area contributed by atoms with Crippen molar-refractivity contribution in [2.24, 2.45) is 0 Å². The zero-order valence-electron chi connectivity index (χ0n) is 12.8. The Morgan fingerprint density at radius 2 is 1.95 bits per heavy atom. The standard InChI is InChI=1S/C16H23NO4/c1-12(18)14(17-15(19)21-16(2,3)4)11-20-10-13-8-6-5-7-9-13/h5-9,14,18H,1,10-11H2,2-4H3,(H,17,19). The highest BCUT2D eigenvalue weighted by molar-refractivity contribution is 5.68. The first-order valence-electron chi connectivity index (χ1n) is 6.77. The van der Waals surface area contributed by atoms with E-state index in [1.54, 1.807) is 20.8 Å². The summed E-state index contributed by atoms with van der Waals surface area (Å²) in [6.07, 6.45) is -0.619. The lowest BCUT2D eigenvalue weighted by Crippen LogP contribution is -2.42. The molecule has 0 radical (unpaired) electrons. The fourth-order valence-electron chi connectivity index (χ4n) is 1.54. The van der Waals surface area contributed by atoms with E-state index in [2.05, 4.69) is 11.9 Å². The number of hydrogen-bond donors (Lipinski definition) is 2. The molecule has 0 fully saturated rings.